The van der Waals surface area contributed by atoms with Gasteiger partial charge in [0.2, 0.25) is 0 Å². The number of hydrogen-bond donors (Lipinski definition) is 2. The molecule has 152 valence electrons. The zero-order valence-electron chi connectivity index (χ0n) is 17.2. The third-order valence-electron chi connectivity index (χ3n) is 4.89. The normalized spacial score (nSPS) is 17.5. The molecule has 1 aliphatic rings. The summed E-state index contributed by atoms with van der Waals surface area (Å²) in [4.78, 5) is 7.15. The van der Waals surface area contributed by atoms with Crippen molar-refractivity contribution in [2.24, 2.45) is 4.99 Å². The highest BCUT2D eigenvalue weighted by Crippen LogP contribution is 2.24. The van der Waals surface area contributed by atoms with E-state index in [0.29, 0.717) is 12.6 Å². The second-order valence-corrected chi connectivity index (χ2v) is 7.17. The van der Waals surface area contributed by atoms with E-state index in [2.05, 4.69) is 46.6 Å². The summed E-state index contributed by atoms with van der Waals surface area (Å²) in [5, 5.41) is 11.3. The number of aryl methyl sites for hydroxylation is 1. The van der Waals surface area contributed by atoms with E-state index in [1.165, 1.54) is 11.3 Å². The summed E-state index contributed by atoms with van der Waals surface area (Å²) in [6.45, 7) is 8.49. The summed E-state index contributed by atoms with van der Waals surface area (Å²) in [6.07, 6.45) is 6.22. The molecule has 0 aliphatic carbocycles. The molecule has 28 heavy (non-hydrogen) atoms. The maximum Gasteiger partial charge on any atom is 0.191 e. The molecule has 0 saturated carbocycles. The van der Waals surface area contributed by atoms with Gasteiger partial charge in [0, 0.05) is 43.6 Å². The van der Waals surface area contributed by atoms with Crippen molar-refractivity contribution in [2.45, 2.75) is 39.3 Å². The molecule has 2 aromatic rings. The van der Waals surface area contributed by atoms with Crippen LogP contribution in [0.15, 0.2) is 41.7 Å². The van der Waals surface area contributed by atoms with Gasteiger partial charge in [-0.2, -0.15) is 5.10 Å². The number of nitrogens with one attached hydrogen (secondary N) is 2. The Morgan fingerprint density at radius 3 is 3.04 bits per heavy atom. The molecular formula is C21H32N6O. The zero-order valence-corrected chi connectivity index (χ0v) is 17.2. The van der Waals surface area contributed by atoms with Crippen LogP contribution in [0.1, 0.15) is 25.3 Å². The lowest BCUT2D eigenvalue weighted by molar-refractivity contribution is 0.414. The van der Waals surface area contributed by atoms with Crippen molar-refractivity contribution in [1.82, 2.24) is 20.4 Å². The molecule has 7 nitrogen and oxygen atoms in total. The second kappa shape index (κ2) is 10.0. The zero-order chi connectivity index (χ0) is 19.8. The molecule has 0 radical (unpaired) electrons. The molecule has 1 saturated heterocycles. The van der Waals surface area contributed by atoms with Crippen LogP contribution < -0.4 is 20.3 Å². The number of guanidine groups is 1. The predicted octanol–water partition coefficient (Wildman–Crippen LogP) is 2.42. The first-order chi connectivity index (χ1) is 13.7. The SMILES string of the molecule is CCNC(=NCCn1cc(C)cn1)NC1CCCN(c2cccc(OC)c2)C1. The number of aliphatic imine (C=N–C) groups is 1. The van der Waals surface area contributed by atoms with Gasteiger partial charge in [0.1, 0.15) is 5.75 Å². The number of nitrogens with zero attached hydrogens (tertiary/aromatic N) is 4. The molecule has 1 atom stereocenters. The molecule has 2 heterocycles. The monoisotopic (exact) mass is 384 g/mol. The van der Waals surface area contributed by atoms with Crippen molar-refractivity contribution in [3.63, 3.8) is 0 Å². The summed E-state index contributed by atoms with van der Waals surface area (Å²) in [6, 6.07) is 8.66. The predicted molar refractivity (Wildman–Crippen MR) is 114 cm³/mol. The highest BCUT2D eigenvalue weighted by Gasteiger charge is 2.21. The Balaban J connectivity index is 1.57. The van der Waals surface area contributed by atoms with E-state index in [-0.39, 0.29) is 0 Å². The van der Waals surface area contributed by atoms with Crippen LogP contribution in [-0.4, -0.2) is 55.1 Å². The second-order valence-electron chi connectivity index (χ2n) is 7.17. The number of aromatic nitrogens is 2. The molecule has 0 spiro atoms. The Kier molecular flexibility index (Phi) is 7.17. The van der Waals surface area contributed by atoms with E-state index in [0.717, 1.165) is 50.7 Å². The highest BCUT2D eigenvalue weighted by molar-refractivity contribution is 5.80. The van der Waals surface area contributed by atoms with E-state index in [9.17, 15) is 0 Å². The first-order valence-electron chi connectivity index (χ1n) is 10.1. The summed E-state index contributed by atoms with van der Waals surface area (Å²) in [5.41, 5.74) is 2.38. The molecule has 1 aliphatic heterocycles. The summed E-state index contributed by atoms with van der Waals surface area (Å²) in [5.74, 6) is 1.78. The summed E-state index contributed by atoms with van der Waals surface area (Å²) >= 11 is 0. The molecule has 2 N–H and O–H groups in total. The first kappa shape index (κ1) is 20.0. The van der Waals surface area contributed by atoms with E-state index in [1.807, 2.05) is 29.2 Å². The van der Waals surface area contributed by atoms with Gasteiger partial charge < -0.3 is 20.3 Å². The minimum atomic E-state index is 0.365. The maximum absolute atomic E-state index is 5.37. The molecule has 0 amide bonds. The van der Waals surface area contributed by atoms with Crippen LogP contribution in [0.5, 0.6) is 5.75 Å². The van der Waals surface area contributed by atoms with Crippen molar-refractivity contribution in [2.75, 3.05) is 38.2 Å². The van der Waals surface area contributed by atoms with Gasteiger partial charge in [-0.1, -0.05) is 6.07 Å². The average molecular weight is 385 g/mol. The molecule has 0 bridgehead atoms. The van der Waals surface area contributed by atoms with Crippen molar-refractivity contribution < 1.29 is 4.74 Å². The van der Waals surface area contributed by atoms with Crippen molar-refractivity contribution in [3.05, 3.63) is 42.2 Å². The van der Waals surface area contributed by atoms with Crippen LogP contribution >= 0.6 is 0 Å². The van der Waals surface area contributed by atoms with E-state index >= 15 is 0 Å². The molecule has 1 fully saturated rings. The third kappa shape index (κ3) is 5.65. The quantitative estimate of drug-likeness (QED) is 0.567. The number of hydrogen-bond acceptors (Lipinski definition) is 4. The van der Waals surface area contributed by atoms with Crippen LogP contribution in [-0.2, 0) is 6.54 Å². The van der Waals surface area contributed by atoms with Crippen molar-refractivity contribution >= 4 is 11.6 Å². The summed E-state index contributed by atoms with van der Waals surface area (Å²) in [7, 11) is 1.71. The molecule has 1 aromatic heterocycles. The van der Waals surface area contributed by atoms with E-state index < -0.39 is 0 Å². The van der Waals surface area contributed by atoms with Gasteiger partial charge in [-0.25, -0.2) is 0 Å². The van der Waals surface area contributed by atoms with E-state index in [4.69, 9.17) is 9.73 Å². The van der Waals surface area contributed by atoms with Gasteiger partial charge in [0.05, 0.1) is 26.4 Å². The fourth-order valence-corrected chi connectivity index (χ4v) is 3.50. The van der Waals surface area contributed by atoms with Gasteiger partial charge in [-0.3, -0.25) is 9.67 Å². The lowest BCUT2D eigenvalue weighted by atomic mass is 10.0. The number of piperidine rings is 1. The van der Waals surface area contributed by atoms with Crippen LogP contribution in [0.3, 0.4) is 0 Å². The van der Waals surface area contributed by atoms with Gasteiger partial charge in [0.25, 0.3) is 0 Å². The summed E-state index contributed by atoms with van der Waals surface area (Å²) < 4.78 is 7.31. The highest BCUT2D eigenvalue weighted by atomic mass is 16.5. The maximum atomic E-state index is 5.37. The molecule has 3 rings (SSSR count). The smallest absolute Gasteiger partial charge is 0.191 e. The number of ether oxygens (including phenoxy) is 1. The molecule has 7 heteroatoms. The van der Waals surface area contributed by atoms with Crippen LogP contribution in [0.2, 0.25) is 0 Å². The van der Waals surface area contributed by atoms with Gasteiger partial charge >= 0.3 is 0 Å². The lowest BCUT2D eigenvalue weighted by Gasteiger charge is -2.35. The third-order valence-corrected chi connectivity index (χ3v) is 4.89. The van der Waals surface area contributed by atoms with Crippen molar-refractivity contribution in [1.29, 1.82) is 0 Å². The Morgan fingerprint density at radius 2 is 2.29 bits per heavy atom. The van der Waals surface area contributed by atoms with Gasteiger partial charge in [-0.15, -0.1) is 0 Å². The van der Waals surface area contributed by atoms with Crippen LogP contribution in [0, 0.1) is 6.92 Å². The van der Waals surface area contributed by atoms with Crippen LogP contribution in [0.4, 0.5) is 5.69 Å². The number of anilines is 1. The first-order valence-corrected chi connectivity index (χ1v) is 10.1. The Bertz CT molecular complexity index is 772. The Labute approximate surface area is 167 Å². The fraction of sp³-hybridized carbons (Fsp3) is 0.524. The number of methoxy groups -OCH3 is 1. The molecule has 1 unspecified atom stereocenters. The largest absolute Gasteiger partial charge is 0.497 e. The average Bonchev–Trinajstić information content (AvgIpc) is 3.13. The Hall–Kier alpha value is -2.70. The minimum absolute atomic E-state index is 0.365. The fourth-order valence-electron chi connectivity index (χ4n) is 3.50. The van der Waals surface area contributed by atoms with Gasteiger partial charge in [-0.05, 0) is 44.4 Å². The standard InChI is InChI=1S/C21H32N6O/c1-4-22-21(23-10-12-27-15-17(2)14-24-27)25-18-7-6-11-26(16-18)19-8-5-9-20(13-19)28-3/h5,8-9,13-15,18H,4,6-7,10-12,16H2,1-3H3,(H2,22,23,25). The van der Waals surface area contributed by atoms with Gasteiger partial charge in [0.15, 0.2) is 5.96 Å². The van der Waals surface area contributed by atoms with E-state index in [1.54, 1.807) is 7.11 Å². The number of rotatable bonds is 7. The van der Waals surface area contributed by atoms with Crippen molar-refractivity contribution in [3.8, 4) is 5.75 Å². The molecular weight excluding hydrogens is 352 g/mol. The topological polar surface area (TPSA) is 66.7 Å². The number of benzene rings is 1. The van der Waals surface area contributed by atoms with Crippen LogP contribution in [0.25, 0.3) is 0 Å². The molecule has 1 aromatic carbocycles. The Morgan fingerprint density at radius 1 is 1.39 bits per heavy atom. The lowest BCUT2D eigenvalue weighted by Crippen LogP contribution is -2.51. The minimum Gasteiger partial charge on any atom is -0.497 e.